The third kappa shape index (κ3) is 3.63. The maximum atomic E-state index is 11.9. The fraction of sp³-hybridized carbons (Fsp3) is 0.0714. The van der Waals surface area contributed by atoms with Crippen LogP contribution in [0.5, 0.6) is 0 Å². The van der Waals surface area contributed by atoms with Crippen molar-refractivity contribution in [3.63, 3.8) is 0 Å². The van der Waals surface area contributed by atoms with Gasteiger partial charge in [-0.2, -0.15) is 10.2 Å². The number of carbonyl (C=O) groups is 2. The number of carbonyl (C=O) groups excluding carboxylic acids is 2. The molecule has 1 saturated heterocycles. The molecule has 2 aromatic rings. The van der Waals surface area contributed by atoms with E-state index in [0.717, 1.165) is 11.1 Å². The minimum Gasteiger partial charge on any atom is -0.466 e. The number of aromatic nitrogens is 2. The van der Waals surface area contributed by atoms with Crippen LogP contribution in [0, 0.1) is 0 Å². The third-order valence-corrected chi connectivity index (χ3v) is 5.00. The van der Waals surface area contributed by atoms with Gasteiger partial charge in [0.2, 0.25) is 5.11 Å². The van der Waals surface area contributed by atoms with Crippen LogP contribution in [0.15, 0.2) is 29.1 Å². The second-order valence-electron chi connectivity index (χ2n) is 4.81. The molecule has 0 spiro atoms. The van der Waals surface area contributed by atoms with Crippen molar-refractivity contribution in [2.45, 2.75) is 0 Å². The van der Waals surface area contributed by atoms with Crippen molar-refractivity contribution >= 4 is 70.0 Å². The molecule has 12 heteroatoms. The zero-order chi connectivity index (χ0) is 18.8. The van der Waals surface area contributed by atoms with Gasteiger partial charge in [0.25, 0.3) is 5.91 Å². The van der Waals surface area contributed by atoms with Gasteiger partial charge < -0.3 is 4.74 Å². The lowest BCUT2D eigenvalue weighted by atomic mass is 10.2. The Kier molecular flexibility index (Phi) is 5.37. The van der Waals surface area contributed by atoms with Crippen LogP contribution in [0.1, 0.15) is 5.56 Å². The average molecular weight is 430 g/mol. The number of amides is 1. The van der Waals surface area contributed by atoms with Gasteiger partial charge in [-0.3, -0.25) is 15.2 Å². The summed E-state index contributed by atoms with van der Waals surface area (Å²) in [6.07, 6.45) is 3.95. The largest absolute Gasteiger partial charge is 0.466 e. The smallest absolute Gasteiger partial charge is 0.332 e. The van der Waals surface area contributed by atoms with Crippen molar-refractivity contribution in [1.29, 1.82) is 0 Å². The minimum atomic E-state index is -0.705. The summed E-state index contributed by atoms with van der Waals surface area (Å²) in [7, 11) is 1.20. The summed E-state index contributed by atoms with van der Waals surface area (Å²) in [6, 6.07) is 1.70. The lowest BCUT2D eigenvalue weighted by Crippen LogP contribution is -2.23. The van der Waals surface area contributed by atoms with Crippen molar-refractivity contribution in [2.75, 3.05) is 7.11 Å². The van der Waals surface area contributed by atoms with E-state index in [1.54, 1.807) is 6.07 Å². The van der Waals surface area contributed by atoms with Gasteiger partial charge in [-0.1, -0.05) is 23.2 Å². The monoisotopic (exact) mass is 429 g/mol. The van der Waals surface area contributed by atoms with Gasteiger partial charge in [0.05, 0.1) is 35.6 Å². The SMILES string of the molecule is COC(=O)/C=C1/C(=O)NC(=S)N1/N=C/c1cn[nH]c1-c1cc(Cl)sc1Cl. The molecule has 0 aromatic carbocycles. The molecule has 0 aliphatic carbocycles. The first-order valence-corrected chi connectivity index (χ1v) is 8.86. The van der Waals surface area contributed by atoms with Crippen molar-refractivity contribution in [2.24, 2.45) is 5.10 Å². The van der Waals surface area contributed by atoms with E-state index in [2.05, 4.69) is 25.4 Å². The second kappa shape index (κ2) is 7.54. The van der Waals surface area contributed by atoms with Crippen LogP contribution < -0.4 is 5.32 Å². The van der Waals surface area contributed by atoms with Crippen LogP contribution in [0.4, 0.5) is 0 Å². The van der Waals surface area contributed by atoms with Gasteiger partial charge in [0.15, 0.2) is 0 Å². The molecule has 0 saturated carbocycles. The lowest BCUT2D eigenvalue weighted by molar-refractivity contribution is -0.135. The van der Waals surface area contributed by atoms with Crippen LogP contribution in [0.2, 0.25) is 8.67 Å². The van der Waals surface area contributed by atoms with E-state index in [4.69, 9.17) is 35.4 Å². The number of aromatic amines is 1. The van der Waals surface area contributed by atoms with Gasteiger partial charge in [0, 0.05) is 11.1 Å². The Bertz CT molecular complexity index is 966. The van der Waals surface area contributed by atoms with Crippen LogP contribution in [0.25, 0.3) is 11.3 Å². The van der Waals surface area contributed by atoms with Gasteiger partial charge in [0.1, 0.15) is 10.0 Å². The first-order valence-electron chi connectivity index (χ1n) is 6.88. The first-order chi connectivity index (χ1) is 12.4. The summed E-state index contributed by atoms with van der Waals surface area (Å²) in [4.78, 5) is 23.3. The minimum absolute atomic E-state index is 0.0306. The predicted octanol–water partition coefficient (Wildman–Crippen LogP) is 2.55. The average Bonchev–Trinajstić information content (AvgIpc) is 3.25. The standard InChI is InChI=1S/C14H9Cl2N5O3S2/c1-24-10(22)3-8-13(23)19-14(25)21(8)18-5-6-4-17-20-11(6)7-2-9(15)26-12(7)16/h2-5H,1H3,(H,17,20)(H,19,23,25)/b8-3-,18-5+. The highest BCUT2D eigenvalue weighted by molar-refractivity contribution is 7.80. The molecule has 0 atom stereocenters. The molecule has 134 valence electrons. The van der Waals surface area contributed by atoms with Gasteiger partial charge in [-0.05, 0) is 18.3 Å². The molecular weight excluding hydrogens is 421 g/mol. The Morgan fingerprint density at radius 1 is 1.50 bits per heavy atom. The van der Waals surface area contributed by atoms with Crippen LogP contribution in [-0.2, 0) is 14.3 Å². The van der Waals surface area contributed by atoms with Crippen molar-refractivity contribution in [3.8, 4) is 11.3 Å². The molecule has 3 rings (SSSR count). The number of nitrogens with one attached hydrogen (secondary N) is 2. The quantitative estimate of drug-likeness (QED) is 0.335. The van der Waals surface area contributed by atoms with E-state index in [-0.39, 0.29) is 10.8 Å². The molecule has 1 fully saturated rings. The van der Waals surface area contributed by atoms with E-state index in [0.29, 0.717) is 25.5 Å². The van der Waals surface area contributed by atoms with Crippen LogP contribution in [-0.4, -0.2) is 45.5 Å². The van der Waals surface area contributed by atoms with Crippen LogP contribution in [0.3, 0.4) is 0 Å². The molecule has 8 nitrogen and oxygen atoms in total. The topological polar surface area (TPSA) is 99.7 Å². The number of ether oxygens (including phenoxy) is 1. The summed E-state index contributed by atoms with van der Waals surface area (Å²) in [5, 5.41) is 14.5. The van der Waals surface area contributed by atoms with E-state index < -0.39 is 11.9 Å². The Morgan fingerprint density at radius 3 is 2.92 bits per heavy atom. The molecular formula is C14H9Cl2N5O3S2. The number of thiophene rings is 1. The predicted molar refractivity (Wildman–Crippen MR) is 102 cm³/mol. The number of H-pyrrole nitrogens is 1. The number of esters is 1. The van der Waals surface area contributed by atoms with Gasteiger partial charge in [-0.15, -0.1) is 11.3 Å². The molecule has 0 radical (unpaired) electrons. The molecule has 2 N–H and O–H groups in total. The van der Waals surface area contributed by atoms with E-state index in [1.165, 1.54) is 30.9 Å². The van der Waals surface area contributed by atoms with E-state index >= 15 is 0 Å². The number of hydrogen-bond acceptors (Lipinski definition) is 7. The number of hydrogen-bond donors (Lipinski definition) is 2. The highest BCUT2D eigenvalue weighted by atomic mass is 35.5. The number of hydrazone groups is 1. The first kappa shape index (κ1) is 18.5. The highest BCUT2D eigenvalue weighted by Crippen LogP contribution is 2.38. The molecule has 1 aliphatic heterocycles. The summed E-state index contributed by atoms with van der Waals surface area (Å²) in [6.45, 7) is 0. The Balaban J connectivity index is 1.93. The van der Waals surface area contributed by atoms with Crippen molar-refractivity contribution in [3.05, 3.63) is 38.3 Å². The van der Waals surface area contributed by atoms with Gasteiger partial charge in [-0.25, -0.2) is 9.80 Å². The molecule has 1 aliphatic rings. The summed E-state index contributed by atoms with van der Waals surface area (Å²) < 4.78 is 5.55. The second-order valence-corrected chi connectivity index (χ2v) is 7.48. The maximum Gasteiger partial charge on any atom is 0.332 e. The lowest BCUT2D eigenvalue weighted by Gasteiger charge is -2.09. The third-order valence-electron chi connectivity index (χ3n) is 3.24. The fourth-order valence-corrected chi connectivity index (χ4v) is 3.79. The number of rotatable bonds is 4. The molecule has 2 aromatic heterocycles. The maximum absolute atomic E-state index is 11.9. The molecule has 0 bridgehead atoms. The van der Waals surface area contributed by atoms with Crippen LogP contribution >= 0.6 is 46.8 Å². The zero-order valence-electron chi connectivity index (χ0n) is 12.9. The molecule has 3 heterocycles. The highest BCUT2D eigenvalue weighted by Gasteiger charge is 2.31. The number of nitrogens with zero attached hydrogens (tertiary/aromatic N) is 3. The number of thiocarbonyl (C=S) groups is 1. The molecule has 0 unspecified atom stereocenters. The van der Waals surface area contributed by atoms with Crippen molar-refractivity contribution in [1.82, 2.24) is 20.5 Å². The van der Waals surface area contributed by atoms with Gasteiger partial charge >= 0.3 is 5.97 Å². The summed E-state index contributed by atoms with van der Waals surface area (Å²) in [5.74, 6) is -1.26. The Morgan fingerprint density at radius 2 is 2.27 bits per heavy atom. The van der Waals surface area contributed by atoms with Crippen molar-refractivity contribution < 1.29 is 14.3 Å². The van der Waals surface area contributed by atoms with E-state index in [9.17, 15) is 9.59 Å². The fourth-order valence-electron chi connectivity index (χ4n) is 2.07. The normalized spacial score (nSPS) is 16.0. The zero-order valence-corrected chi connectivity index (χ0v) is 16.1. The Labute approximate surface area is 166 Å². The number of methoxy groups -OCH3 is 1. The summed E-state index contributed by atoms with van der Waals surface area (Å²) >= 11 is 18.4. The number of halogens is 2. The Hall–Kier alpha value is -2.27. The van der Waals surface area contributed by atoms with E-state index in [1.807, 2.05) is 0 Å². The summed E-state index contributed by atoms with van der Waals surface area (Å²) in [5.41, 5.74) is 1.80. The molecule has 26 heavy (non-hydrogen) atoms. The molecule has 1 amide bonds.